The zero-order chi connectivity index (χ0) is 10.7. The van der Waals surface area contributed by atoms with Gasteiger partial charge >= 0.3 is 29.6 Å². The summed E-state index contributed by atoms with van der Waals surface area (Å²) in [6.07, 6.45) is 0. The van der Waals surface area contributed by atoms with Crippen molar-refractivity contribution in [2.45, 2.75) is 0 Å². The van der Waals surface area contributed by atoms with Crippen molar-refractivity contribution >= 4 is 5.78 Å². The molecular formula is C13H10NaO2+. The molecule has 0 aliphatic carbocycles. The van der Waals surface area contributed by atoms with Crippen LogP contribution in [0.25, 0.3) is 0 Å². The first-order chi connectivity index (χ1) is 7.29. The monoisotopic (exact) mass is 221 g/mol. The molecule has 0 spiro atoms. The number of aromatic hydroxyl groups is 1. The van der Waals surface area contributed by atoms with Crippen molar-refractivity contribution in [2.75, 3.05) is 0 Å². The van der Waals surface area contributed by atoms with E-state index in [1.807, 2.05) is 6.07 Å². The summed E-state index contributed by atoms with van der Waals surface area (Å²) >= 11 is 0. The van der Waals surface area contributed by atoms with Crippen LogP contribution < -0.4 is 29.6 Å². The zero-order valence-electron chi connectivity index (χ0n) is 9.05. The Morgan fingerprint density at radius 3 is 2.06 bits per heavy atom. The summed E-state index contributed by atoms with van der Waals surface area (Å²) in [5.74, 6) is -0.139. The number of hydrogen-bond donors (Lipinski definition) is 1. The predicted molar refractivity (Wildman–Crippen MR) is 58.0 cm³/mol. The van der Waals surface area contributed by atoms with Crippen LogP contribution in [-0.4, -0.2) is 10.9 Å². The third-order valence-corrected chi connectivity index (χ3v) is 2.18. The average Bonchev–Trinajstić information content (AvgIpc) is 2.30. The molecule has 0 saturated heterocycles. The summed E-state index contributed by atoms with van der Waals surface area (Å²) in [4.78, 5) is 11.9. The standard InChI is InChI=1S/C13H10O2.Na/c14-12-9-5-4-8-11(12)13(15)10-6-2-1-3-7-10;/h1-9,14H;/q;+1. The molecule has 74 valence electrons. The van der Waals surface area contributed by atoms with Crippen LogP contribution in [0.15, 0.2) is 54.6 Å². The minimum absolute atomic E-state index is 0. The third-order valence-electron chi connectivity index (χ3n) is 2.18. The molecular weight excluding hydrogens is 211 g/mol. The average molecular weight is 221 g/mol. The summed E-state index contributed by atoms with van der Waals surface area (Å²) in [7, 11) is 0. The topological polar surface area (TPSA) is 37.3 Å². The van der Waals surface area contributed by atoms with E-state index in [1.165, 1.54) is 6.07 Å². The van der Waals surface area contributed by atoms with Crippen molar-refractivity contribution in [1.29, 1.82) is 0 Å². The fourth-order valence-electron chi connectivity index (χ4n) is 1.41. The van der Waals surface area contributed by atoms with Gasteiger partial charge < -0.3 is 5.11 Å². The van der Waals surface area contributed by atoms with Gasteiger partial charge in [0.1, 0.15) is 5.75 Å². The van der Waals surface area contributed by atoms with Gasteiger partial charge in [-0.2, -0.15) is 0 Å². The second-order valence-electron chi connectivity index (χ2n) is 3.21. The van der Waals surface area contributed by atoms with Gasteiger partial charge in [-0.1, -0.05) is 42.5 Å². The third kappa shape index (κ3) is 2.73. The molecule has 2 aromatic rings. The molecule has 1 N–H and O–H groups in total. The molecule has 16 heavy (non-hydrogen) atoms. The van der Waals surface area contributed by atoms with Crippen molar-refractivity contribution < 1.29 is 39.5 Å². The molecule has 0 unspecified atom stereocenters. The van der Waals surface area contributed by atoms with Gasteiger partial charge in [-0.25, -0.2) is 0 Å². The molecule has 0 fully saturated rings. The molecule has 0 radical (unpaired) electrons. The van der Waals surface area contributed by atoms with Crippen molar-refractivity contribution in [3.63, 3.8) is 0 Å². The van der Waals surface area contributed by atoms with Gasteiger partial charge in [0.2, 0.25) is 0 Å². The largest absolute Gasteiger partial charge is 1.00 e. The molecule has 3 heteroatoms. The van der Waals surface area contributed by atoms with Crippen molar-refractivity contribution in [3.05, 3.63) is 65.7 Å². The first-order valence-corrected chi connectivity index (χ1v) is 4.67. The molecule has 0 aromatic heterocycles. The smallest absolute Gasteiger partial charge is 0.507 e. The maximum Gasteiger partial charge on any atom is 1.00 e. The van der Waals surface area contributed by atoms with Crippen LogP contribution in [0.4, 0.5) is 0 Å². The second-order valence-corrected chi connectivity index (χ2v) is 3.21. The normalized spacial score (nSPS) is 9.25. The Labute approximate surface area is 116 Å². The van der Waals surface area contributed by atoms with Gasteiger partial charge in [0.15, 0.2) is 5.78 Å². The van der Waals surface area contributed by atoms with Gasteiger partial charge in [-0.3, -0.25) is 4.79 Å². The number of benzene rings is 2. The Kier molecular flexibility index (Phi) is 4.74. The van der Waals surface area contributed by atoms with E-state index in [0.29, 0.717) is 11.1 Å². The van der Waals surface area contributed by atoms with E-state index in [4.69, 9.17) is 0 Å². The van der Waals surface area contributed by atoms with E-state index in [1.54, 1.807) is 42.5 Å². The van der Waals surface area contributed by atoms with E-state index >= 15 is 0 Å². The van der Waals surface area contributed by atoms with E-state index in [0.717, 1.165) is 0 Å². The van der Waals surface area contributed by atoms with Gasteiger partial charge in [0, 0.05) is 5.56 Å². The molecule has 0 aliphatic rings. The van der Waals surface area contributed by atoms with Gasteiger partial charge in [0.05, 0.1) is 5.56 Å². The molecule has 0 atom stereocenters. The molecule has 0 heterocycles. The van der Waals surface area contributed by atoms with E-state index in [9.17, 15) is 9.90 Å². The molecule has 2 nitrogen and oxygen atoms in total. The van der Waals surface area contributed by atoms with Gasteiger partial charge in [-0.15, -0.1) is 0 Å². The van der Waals surface area contributed by atoms with Crippen LogP contribution in [0.5, 0.6) is 5.75 Å². The summed E-state index contributed by atoms with van der Waals surface area (Å²) in [6.45, 7) is 0. The maximum absolute atomic E-state index is 11.9. The fourth-order valence-corrected chi connectivity index (χ4v) is 1.41. The molecule has 0 bridgehead atoms. The zero-order valence-corrected chi connectivity index (χ0v) is 11.1. The number of carbonyl (C=O) groups is 1. The van der Waals surface area contributed by atoms with Crippen molar-refractivity contribution in [3.8, 4) is 5.75 Å². The van der Waals surface area contributed by atoms with Crippen molar-refractivity contribution in [1.82, 2.24) is 0 Å². The van der Waals surface area contributed by atoms with Gasteiger partial charge in [0.25, 0.3) is 0 Å². The van der Waals surface area contributed by atoms with E-state index < -0.39 is 0 Å². The van der Waals surface area contributed by atoms with Crippen LogP contribution in [-0.2, 0) is 0 Å². The van der Waals surface area contributed by atoms with Gasteiger partial charge in [-0.05, 0) is 12.1 Å². The quantitative estimate of drug-likeness (QED) is 0.555. The summed E-state index contributed by atoms with van der Waals surface area (Å²) < 4.78 is 0. The molecule has 0 aliphatic heterocycles. The first kappa shape index (κ1) is 13.0. The van der Waals surface area contributed by atoms with Crippen LogP contribution in [0.3, 0.4) is 0 Å². The molecule has 2 aromatic carbocycles. The Hall–Kier alpha value is -1.09. The Balaban J connectivity index is 0.00000128. The Morgan fingerprint density at radius 2 is 1.44 bits per heavy atom. The minimum Gasteiger partial charge on any atom is -0.507 e. The Morgan fingerprint density at radius 1 is 0.875 bits per heavy atom. The van der Waals surface area contributed by atoms with E-state index in [2.05, 4.69) is 0 Å². The summed E-state index contributed by atoms with van der Waals surface area (Å²) in [5, 5.41) is 9.52. The number of rotatable bonds is 2. The molecule has 2 rings (SSSR count). The summed E-state index contributed by atoms with van der Waals surface area (Å²) in [5.41, 5.74) is 0.919. The molecule has 0 saturated carbocycles. The number of carbonyl (C=O) groups excluding carboxylic acids is 1. The number of hydrogen-bond acceptors (Lipinski definition) is 2. The molecule has 0 amide bonds. The first-order valence-electron chi connectivity index (χ1n) is 4.67. The fraction of sp³-hybridized carbons (Fsp3) is 0. The van der Waals surface area contributed by atoms with Crippen LogP contribution in [0.1, 0.15) is 15.9 Å². The predicted octanol–water partition coefficient (Wildman–Crippen LogP) is -0.373. The SMILES string of the molecule is O=C(c1ccccc1)c1ccccc1O.[Na+]. The number of para-hydroxylation sites is 1. The van der Waals surface area contributed by atoms with Crippen LogP contribution >= 0.6 is 0 Å². The number of phenols is 1. The van der Waals surface area contributed by atoms with Crippen LogP contribution in [0, 0.1) is 0 Å². The van der Waals surface area contributed by atoms with Crippen molar-refractivity contribution in [2.24, 2.45) is 0 Å². The number of ketones is 1. The maximum atomic E-state index is 11.9. The van der Waals surface area contributed by atoms with E-state index in [-0.39, 0.29) is 41.1 Å². The Bertz CT molecular complexity index is 480. The number of phenolic OH excluding ortho intramolecular Hbond substituents is 1. The summed E-state index contributed by atoms with van der Waals surface area (Å²) in [6, 6.07) is 15.5. The van der Waals surface area contributed by atoms with Crippen LogP contribution in [0.2, 0.25) is 0 Å². The second kappa shape index (κ2) is 5.85. The minimum atomic E-state index is -0.159.